The number of aryl methyl sites for hydroxylation is 1. The van der Waals surface area contributed by atoms with Crippen LogP contribution < -0.4 is 10.1 Å². The zero-order valence-corrected chi connectivity index (χ0v) is 20.7. The first kappa shape index (κ1) is 23.7. The lowest BCUT2D eigenvalue weighted by Gasteiger charge is -2.27. The maximum atomic E-state index is 13.5. The van der Waals surface area contributed by atoms with Gasteiger partial charge in [-0.05, 0) is 73.2 Å². The SMILES string of the molecule is N#Cc1ccc(CCCC(=O)O)c(NC(=O)[C@@H]2C[C@]23CCOc2ccc(-c4cnn5ccccc45)cc23)c1. The summed E-state index contributed by atoms with van der Waals surface area (Å²) in [5.74, 6) is -0.353. The normalized spacial score (nSPS) is 19.4. The molecule has 6 rings (SSSR count). The number of ether oxygens (including phenoxy) is 1. The van der Waals surface area contributed by atoms with E-state index < -0.39 is 5.97 Å². The van der Waals surface area contributed by atoms with Gasteiger partial charge in [0.05, 0.1) is 30.0 Å². The third kappa shape index (κ3) is 4.16. The van der Waals surface area contributed by atoms with Crippen molar-refractivity contribution in [1.29, 1.82) is 5.26 Å². The van der Waals surface area contributed by atoms with Gasteiger partial charge in [-0.3, -0.25) is 9.59 Å². The molecule has 1 saturated carbocycles. The number of aliphatic carboxylic acids is 1. The second kappa shape index (κ2) is 9.34. The van der Waals surface area contributed by atoms with Gasteiger partial charge in [-0.25, -0.2) is 4.52 Å². The van der Waals surface area contributed by atoms with Gasteiger partial charge in [-0.2, -0.15) is 10.4 Å². The van der Waals surface area contributed by atoms with Crippen molar-refractivity contribution < 1.29 is 19.4 Å². The zero-order chi connectivity index (χ0) is 26.3. The molecule has 2 atom stereocenters. The van der Waals surface area contributed by atoms with E-state index in [0.29, 0.717) is 30.7 Å². The number of aromatic nitrogens is 2. The molecule has 8 heteroatoms. The number of hydrogen-bond donors (Lipinski definition) is 2. The molecule has 1 aliphatic heterocycles. The van der Waals surface area contributed by atoms with Crippen LogP contribution >= 0.6 is 0 Å². The number of anilines is 1. The second-order valence-corrected chi connectivity index (χ2v) is 10.0. The van der Waals surface area contributed by atoms with E-state index in [0.717, 1.165) is 46.4 Å². The molecule has 2 aromatic heterocycles. The van der Waals surface area contributed by atoms with E-state index in [9.17, 15) is 14.9 Å². The number of amides is 1. The lowest BCUT2D eigenvalue weighted by molar-refractivity contribution is -0.137. The van der Waals surface area contributed by atoms with Crippen LogP contribution in [0.4, 0.5) is 5.69 Å². The van der Waals surface area contributed by atoms with E-state index in [-0.39, 0.29) is 23.7 Å². The zero-order valence-electron chi connectivity index (χ0n) is 20.7. The molecule has 38 heavy (non-hydrogen) atoms. The lowest BCUT2D eigenvalue weighted by atomic mass is 9.85. The van der Waals surface area contributed by atoms with Crippen molar-refractivity contribution in [2.45, 2.75) is 37.5 Å². The predicted molar refractivity (Wildman–Crippen MR) is 141 cm³/mol. The van der Waals surface area contributed by atoms with Crippen molar-refractivity contribution in [1.82, 2.24) is 9.61 Å². The number of nitrogens with zero attached hydrogens (tertiary/aromatic N) is 3. The number of rotatable bonds is 7. The summed E-state index contributed by atoms with van der Waals surface area (Å²) in [6.45, 7) is 0.553. The highest BCUT2D eigenvalue weighted by molar-refractivity contribution is 5.97. The van der Waals surface area contributed by atoms with E-state index in [4.69, 9.17) is 9.84 Å². The van der Waals surface area contributed by atoms with E-state index in [1.54, 1.807) is 18.2 Å². The van der Waals surface area contributed by atoms with E-state index >= 15 is 0 Å². The summed E-state index contributed by atoms with van der Waals surface area (Å²) in [6.07, 6.45) is 6.25. The van der Waals surface area contributed by atoms with Crippen LogP contribution in [0.25, 0.3) is 16.6 Å². The molecule has 1 fully saturated rings. The molecule has 2 aliphatic rings. The lowest BCUT2D eigenvalue weighted by Crippen LogP contribution is -2.27. The minimum Gasteiger partial charge on any atom is -0.493 e. The molecule has 4 aromatic rings. The van der Waals surface area contributed by atoms with Crippen LogP contribution in [0.2, 0.25) is 0 Å². The fourth-order valence-corrected chi connectivity index (χ4v) is 5.70. The molecular weight excluding hydrogens is 480 g/mol. The van der Waals surface area contributed by atoms with Gasteiger partial charge in [0.2, 0.25) is 5.91 Å². The van der Waals surface area contributed by atoms with Crippen molar-refractivity contribution in [3.8, 4) is 22.9 Å². The van der Waals surface area contributed by atoms with Crippen molar-refractivity contribution in [2.24, 2.45) is 5.92 Å². The summed E-state index contributed by atoms with van der Waals surface area (Å²) < 4.78 is 7.83. The van der Waals surface area contributed by atoms with Crippen LogP contribution in [0, 0.1) is 17.2 Å². The highest BCUT2D eigenvalue weighted by Crippen LogP contribution is 2.61. The van der Waals surface area contributed by atoms with Gasteiger partial charge in [0, 0.05) is 40.8 Å². The van der Waals surface area contributed by atoms with Gasteiger partial charge in [0.15, 0.2) is 0 Å². The predicted octanol–water partition coefficient (Wildman–Crippen LogP) is 4.96. The molecule has 2 N–H and O–H groups in total. The highest BCUT2D eigenvalue weighted by Gasteiger charge is 2.61. The van der Waals surface area contributed by atoms with Crippen molar-refractivity contribution in [3.05, 3.63) is 83.7 Å². The van der Waals surface area contributed by atoms with Gasteiger partial charge >= 0.3 is 5.97 Å². The molecule has 8 nitrogen and oxygen atoms in total. The van der Waals surface area contributed by atoms with Crippen molar-refractivity contribution in [2.75, 3.05) is 11.9 Å². The number of hydrogen-bond acceptors (Lipinski definition) is 5. The Bertz CT molecular complexity index is 1620. The maximum Gasteiger partial charge on any atom is 0.303 e. The standard InChI is InChI=1S/C30H26N4O4/c31-17-19-7-8-20(4-3-6-28(35)36)25(14-19)33-29(37)24-16-30(24)11-13-38-27-10-9-21(15-23(27)30)22-18-32-34-12-2-1-5-26(22)34/h1-2,5,7-10,12,14-15,18,24H,3-4,6,11,13,16H2,(H,33,37)(H,35,36)/t24-,30-/m0/s1. The smallest absolute Gasteiger partial charge is 0.303 e. The van der Waals surface area contributed by atoms with Gasteiger partial charge in [-0.15, -0.1) is 0 Å². The maximum absolute atomic E-state index is 13.5. The Labute approximate surface area is 219 Å². The molecule has 190 valence electrons. The van der Waals surface area contributed by atoms with Crippen LogP contribution in [0.15, 0.2) is 67.0 Å². The Morgan fingerprint density at radius 2 is 2.11 bits per heavy atom. The number of nitrogens with one attached hydrogen (secondary N) is 1. The first-order chi connectivity index (χ1) is 18.5. The Morgan fingerprint density at radius 1 is 1.21 bits per heavy atom. The molecule has 2 aromatic carbocycles. The number of nitriles is 1. The Kier molecular flexibility index (Phi) is 5.84. The van der Waals surface area contributed by atoms with E-state index in [2.05, 4.69) is 22.6 Å². The quantitative estimate of drug-likeness (QED) is 0.366. The summed E-state index contributed by atoms with van der Waals surface area (Å²) in [7, 11) is 0. The number of benzene rings is 2. The van der Waals surface area contributed by atoms with Crippen LogP contribution in [-0.4, -0.2) is 33.2 Å². The summed E-state index contributed by atoms with van der Waals surface area (Å²) >= 11 is 0. The molecular formula is C30H26N4O4. The molecule has 0 radical (unpaired) electrons. The largest absolute Gasteiger partial charge is 0.493 e. The van der Waals surface area contributed by atoms with Crippen LogP contribution in [0.1, 0.15) is 42.4 Å². The van der Waals surface area contributed by atoms with Gasteiger partial charge in [-0.1, -0.05) is 18.2 Å². The summed E-state index contributed by atoms with van der Waals surface area (Å²) in [5, 5.41) is 25.9. The van der Waals surface area contributed by atoms with Gasteiger partial charge < -0.3 is 15.2 Å². The first-order valence-electron chi connectivity index (χ1n) is 12.7. The summed E-state index contributed by atoms with van der Waals surface area (Å²) in [5.41, 5.74) is 5.67. The topological polar surface area (TPSA) is 117 Å². The average molecular weight is 507 g/mol. The van der Waals surface area contributed by atoms with Crippen LogP contribution in [0.5, 0.6) is 5.75 Å². The first-order valence-corrected chi connectivity index (χ1v) is 12.7. The van der Waals surface area contributed by atoms with E-state index in [1.807, 2.05) is 47.2 Å². The molecule has 0 bridgehead atoms. The molecule has 0 unspecified atom stereocenters. The molecule has 1 amide bonds. The fourth-order valence-electron chi connectivity index (χ4n) is 5.70. The number of pyridine rings is 1. The molecule has 3 heterocycles. The van der Waals surface area contributed by atoms with Crippen molar-refractivity contribution in [3.63, 3.8) is 0 Å². The Morgan fingerprint density at radius 3 is 2.95 bits per heavy atom. The molecule has 0 saturated heterocycles. The second-order valence-electron chi connectivity index (χ2n) is 10.0. The molecule has 1 aliphatic carbocycles. The number of carboxylic acid groups (broad SMARTS) is 1. The van der Waals surface area contributed by atoms with Crippen LogP contribution in [-0.2, 0) is 21.4 Å². The summed E-state index contributed by atoms with van der Waals surface area (Å²) in [4.78, 5) is 24.5. The Balaban J connectivity index is 1.27. The number of carbonyl (C=O) groups is 2. The Hall–Kier alpha value is -4.64. The highest BCUT2D eigenvalue weighted by atomic mass is 16.5. The monoisotopic (exact) mass is 506 g/mol. The van der Waals surface area contributed by atoms with Crippen molar-refractivity contribution >= 4 is 23.1 Å². The van der Waals surface area contributed by atoms with Gasteiger partial charge in [0.1, 0.15) is 5.75 Å². The number of carbonyl (C=O) groups excluding carboxylic acids is 1. The minimum atomic E-state index is -0.856. The third-order valence-corrected chi connectivity index (χ3v) is 7.78. The minimum absolute atomic E-state index is 0.0466. The fraction of sp³-hybridized carbons (Fsp3) is 0.267. The van der Waals surface area contributed by atoms with Gasteiger partial charge in [0.25, 0.3) is 0 Å². The number of fused-ring (bicyclic) bond motifs is 3. The summed E-state index contributed by atoms with van der Waals surface area (Å²) in [6, 6.07) is 19.4. The third-order valence-electron chi connectivity index (χ3n) is 7.78. The average Bonchev–Trinajstić information content (AvgIpc) is 3.48. The van der Waals surface area contributed by atoms with E-state index in [1.165, 1.54) is 0 Å². The number of carboxylic acids is 1. The van der Waals surface area contributed by atoms with Crippen LogP contribution in [0.3, 0.4) is 0 Å². The molecule has 1 spiro atoms.